The van der Waals surface area contributed by atoms with E-state index in [1.54, 1.807) is 17.4 Å². The molecule has 2 heterocycles. The van der Waals surface area contributed by atoms with Crippen molar-refractivity contribution in [1.29, 1.82) is 0 Å². The second-order valence-corrected chi connectivity index (χ2v) is 5.08. The fourth-order valence-corrected chi connectivity index (χ4v) is 2.55. The molecule has 1 aliphatic rings. The first-order valence-corrected chi connectivity index (χ1v) is 6.94. The minimum Gasteiger partial charge on any atom is -0.504 e. The highest BCUT2D eigenvalue weighted by Crippen LogP contribution is 2.36. The topological polar surface area (TPSA) is 91.3 Å². The Hall–Kier alpha value is -2.61. The summed E-state index contributed by atoms with van der Waals surface area (Å²) in [5.41, 5.74) is 1.46. The Morgan fingerprint density at radius 2 is 2.14 bits per heavy atom. The van der Waals surface area contributed by atoms with Crippen LogP contribution in [0.1, 0.15) is 5.56 Å². The maximum absolute atomic E-state index is 10.2. The molecule has 3 rings (SSSR count). The van der Waals surface area contributed by atoms with Gasteiger partial charge < -0.3 is 9.84 Å². The lowest BCUT2D eigenvalue weighted by atomic mass is 10.1. The molecule has 1 aromatic heterocycles. The molecule has 1 aromatic carbocycles. The van der Waals surface area contributed by atoms with Gasteiger partial charge in [-0.05, 0) is 39.6 Å². The van der Waals surface area contributed by atoms with Crippen LogP contribution in [-0.4, -0.2) is 24.7 Å². The van der Waals surface area contributed by atoms with E-state index in [4.69, 9.17) is 4.74 Å². The van der Waals surface area contributed by atoms with Gasteiger partial charge in [0.15, 0.2) is 11.5 Å². The Labute approximate surface area is 124 Å². The fourth-order valence-electron chi connectivity index (χ4n) is 1.84. The number of hydrogen-bond donors (Lipinski definition) is 1. The molecule has 0 aliphatic carbocycles. The van der Waals surface area contributed by atoms with Crippen LogP contribution < -0.4 is 4.74 Å². The van der Waals surface area contributed by atoms with Crippen molar-refractivity contribution in [3.63, 3.8) is 0 Å². The Kier molecular flexibility index (Phi) is 3.69. The first-order chi connectivity index (χ1) is 10.3. The van der Waals surface area contributed by atoms with E-state index in [1.807, 2.05) is 23.6 Å². The summed E-state index contributed by atoms with van der Waals surface area (Å²) in [6.45, 7) is 0. The number of phenols is 1. The van der Waals surface area contributed by atoms with E-state index in [0.717, 1.165) is 10.4 Å². The quantitative estimate of drug-likeness (QED) is 0.873. The van der Waals surface area contributed by atoms with Crippen molar-refractivity contribution in [2.24, 2.45) is 25.7 Å². The van der Waals surface area contributed by atoms with E-state index in [1.165, 1.54) is 13.3 Å². The minimum absolute atomic E-state index is 0.0217. The zero-order valence-corrected chi connectivity index (χ0v) is 11.9. The van der Waals surface area contributed by atoms with Crippen LogP contribution in [0.3, 0.4) is 0 Å². The molecule has 106 valence electrons. The third-order valence-corrected chi connectivity index (χ3v) is 3.75. The molecule has 0 amide bonds. The van der Waals surface area contributed by atoms with Gasteiger partial charge >= 0.3 is 0 Å². The SMILES string of the molecule is COc1cc(-c2cccs2)cc(/C=N/C2N=NN=N2)c1O. The number of aliphatic imine (C=N–C) groups is 1. The summed E-state index contributed by atoms with van der Waals surface area (Å²) >= 11 is 1.60. The molecule has 1 N–H and O–H groups in total. The predicted octanol–water partition coefficient (Wildman–Crippen LogP) is 3.66. The van der Waals surface area contributed by atoms with Gasteiger partial charge in [-0.25, -0.2) is 4.99 Å². The second-order valence-electron chi connectivity index (χ2n) is 4.13. The Morgan fingerprint density at radius 3 is 2.81 bits per heavy atom. The highest BCUT2D eigenvalue weighted by Gasteiger charge is 2.12. The summed E-state index contributed by atoms with van der Waals surface area (Å²) in [5, 5.41) is 26.3. The molecule has 0 bridgehead atoms. The van der Waals surface area contributed by atoms with Crippen molar-refractivity contribution < 1.29 is 9.84 Å². The third kappa shape index (κ3) is 2.79. The van der Waals surface area contributed by atoms with Crippen LogP contribution in [0.25, 0.3) is 10.4 Å². The van der Waals surface area contributed by atoms with Crippen LogP contribution >= 0.6 is 11.3 Å². The first-order valence-electron chi connectivity index (χ1n) is 6.06. The van der Waals surface area contributed by atoms with Crippen molar-refractivity contribution in [3.8, 4) is 21.9 Å². The maximum Gasteiger partial charge on any atom is 0.275 e. The molecule has 0 radical (unpaired) electrons. The van der Waals surface area contributed by atoms with Crippen molar-refractivity contribution in [2.75, 3.05) is 7.11 Å². The molecule has 0 saturated carbocycles. The van der Waals surface area contributed by atoms with Crippen LogP contribution in [0.5, 0.6) is 11.5 Å². The van der Waals surface area contributed by atoms with Crippen LogP contribution in [0.4, 0.5) is 0 Å². The van der Waals surface area contributed by atoms with Gasteiger partial charge in [-0.15, -0.1) is 21.6 Å². The molecular weight excluding hydrogens is 290 g/mol. The fraction of sp³-hybridized carbons (Fsp3) is 0.154. The number of rotatable bonds is 4. The smallest absolute Gasteiger partial charge is 0.275 e. The van der Waals surface area contributed by atoms with E-state index >= 15 is 0 Å². The third-order valence-electron chi connectivity index (χ3n) is 2.83. The van der Waals surface area contributed by atoms with Crippen LogP contribution in [0.15, 0.2) is 55.3 Å². The van der Waals surface area contributed by atoms with Gasteiger partial charge in [-0.1, -0.05) is 6.07 Å². The molecule has 0 fully saturated rings. The Balaban J connectivity index is 2.00. The molecule has 1 aliphatic heterocycles. The molecule has 8 heteroatoms. The van der Waals surface area contributed by atoms with Crippen LogP contribution in [0.2, 0.25) is 0 Å². The number of aromatic hydroxyl groups is 1. The summed E-state index contributed by atoms with van der Waals surface area (Å²) in [7, 11) is 1.51. The second kappa shape index (κ2) is 5.80. The van der Waals surface area contributed by atoms with Crippen molar-refractivity contribution in [2.45, 2.75) is 6.29 Å². The monoisotopic (exact) mass is 301 g/mol. The predicted molar refractivity (Wildman–Crippen MR) is 79.1 cm³/mol. The lowest BCUT2D eigenvalue weighted by molar-refractivity contribution is 0.373. The van der Waals surface area contributed by atoms with Gasteiger partial charge in [0.25, 0.3) is 6.29 Å². The summed E-state index contributed by atoms with van der Waals surface area (Å²) < 4.78 is 5.21. The minimum atomic E-state index is -0.680. The lowest BCUT2D eigenvalue weighted by Gasteiger charge is -2.09. The number of thiophene rings is 1. The van der Waals surface area contributed by atoms with E-state index < -0.39 is 6.29 Å². The Bertz CT molecular complexity index is 712. The number of methoxy groups -OCH3 is 1. The van der Waals surface area contributed by atoms with Crippen LogP contribution in [-0.2, 0) is 0 Å². The van der Waals surface area contributed by atoms with Gasteiger partial charge in [-0.3, -0.25) is 0 Å². The van der Waals surface area contributed by atoms with Crippen LogP contribution in [0, 0.1) is 0 Å². The molecule has 0 unspecified atom stereocenters. The zero-order valence-electron chi connectivity index (χ0n) is 11.0. The first kappa shape index (κ1) is 13.4. The molecule has 0 saturated heterocycles. The normalized spacial score (nSPS) is 14.3. The summed E-state index contributed by atoms with van der Waals surface area (Å²) in [6, 6.07) is 7.58. The number of hydrogen-bond acceptors (Lipinski definition) is 8. The van der Waals surface area contributed by atoms with Crippen molar-refractivity contribution >= 4 is 17.6 Å². The average Bonchev–Trinajstić information content (AvgIpc) is 3.19. The molecule has 2 aromatic rings. The summed E-state index contributed by atoms with van der Waals surface area (Å²) in [4.78, 5) is 5.17. The summed E-state index contributed by atoms with van der Waals surface area (Å²) in [5.74, 6) is 0.408. The highest BCUT2D eigenvalue weighted by atomic mass is 32.1. The molecule has 21 heavy (non-hydrogen) atoms. The van der Waals surface area contributed by atoms with Gasteiger partial charge in [-0.2, -0.15) is 0 Å². The average molecular weight is 301 g/mol. The number of ether oxygens (including phenoxy) is 1. The number of phenolic OH excluding ortho intramolecular Hbond substituents is 1. The molecular formula is C13H11N5O2S. The van der Waals surface area contributed by atoms with Gasteiger partial charge in [0.05, 0.1) is 7.11 Å². The lowest BCUT2D eigenvalue weighted by Crippen LogP contribution is -1.95. The molecule has 0 spiro atoms. The van der Waals surface area contributed by atoms with E-state index in [0.29, 0.717) is 11.3 Å². The maximum atomic E-state index is 10.2. The summed E-state index contributed by atoms with van der Waals surface area (Å²) in [6.07, 6.45) is 0.809. The van der Waals surface area contributed by atoms with Gasteiger partial charge in [0.1, 0.15) is 0 Å². The molecule has 7 nitrogen and oxygen atoms in total. The Morgan fingerprint density at radius 1 is 1.33 bits per heavy atom. The van der Waals surface area contributed by atoms with E-state index in [2.05, 4.69) is 25.7 Å². The largest absolute Gasteiger partial charge is 0.504 e. The van der Waals surface area contributed by atoms with E-state index in [9.17, 15) is 5.11 Å². The zero-order chi connectivity index (χ0) is 14.7. The van der Waals surface area contributed by atoms with E-state index in [-0.39, 0.29) is 5.75 Å². The highest BCUT2D eigenvalue weighted by molar-refractivity contribution is 7.13. The van der Waals surface area contributed by atoms with Gasteiger partial charge in [0, 0.05) is 16.7 Å². The number of nitrogens with zero attached hydrogens (tertiary/aromatic N) is 5. The van der Waals surface area contributed by atoms with Crippen molar-refractivity contribution in [3.05, 3.63) is 35.2 Å². The standard InChI is InChI=1S/C13H11N5O2S/c1-20-10-6-8(11-3-2-4-21-11)5-9(12(10)19)7-14-13-15-17-18-16-13/h2-7,13,19H,1H3/b14-7+. The molecule has 0 atom stereocenters. The van der Waals surface area contributed by atoms with Gasteiger partial charge in [0.2, 0.25) is 0 Å². The van der Waals surface area contributed by atoms with Crippen molar-refractivity contribution in [1.82, 2.24) is 0 Å². The number of benzene rings is 1.